The van der Waals surface area contributed by atoms with Crippen LogP contribution in [0.4, 0.5) is 0 Å². The zero-order valence-electron chi connectivity index (χ0n) is 45.6. The number of likely N-dealkylation sites (N-methyl/N-ethyl adjacent to an activating group) is 1. The summed E-state index contributed by atoms with van der Waals surface area (Å²) in [6.07, 6.45) is 69.7. The van der Waals surface area contributed by atoms with Gasteiger partial charge in [0.15, 0.2) is 6.10 Å². The highest BCUT2D eigenvalue weighted by atomic mass is 16.7. The van der Waals surface area contributed by atoms with E-state index in [-0.39, 0.29) is 38.6 Å². The zero-order valence-corrected chi connectivity index (χ0v) is 45.6. The molecule has 0 saturated heterocycles. The number of carbonyl (C=O) groups excluding carboxylic acids is 2. The van der Waals surface area contributed by atoms with E-state index in [9.17, 15) is 19.5 Å². The van der Waals surface area contributed by atoms with Crippen molar-refractivity contribution in [2.75, 3.05) is 47.5 Å². The largest absolute Gasteiger partial charge is 0.477 e. The predicted molar refractivity (Wildman–Crippen MR) is 299 cm³/mol. The Kier molecular flexibility index (Phi) is 48.9. The molecule has 0 radical (unpaired) electrons. The maximum atomic E-state index is 12.9. The Morgan fingerprint density at radius 2 is 0.761 bits per heavy atom. The minimum Gasteiger partial charge on any atom is -0.477 e. The van der Waals surface area contributed by atoms with Crippen LogP contribution >= 0.6 is 0 Å². The highest BCUT2D eigenvalue weighted by Gasteiger charge is 2.25. The summed E-state index contributed by atoms with van der Waals surface area (Å²) in [6, 6.07) is 0. The maximum Gasteiger partial charge on any atom is 0.361 e. The van der Waals surface area contributed by atoms with Crippen molar-refractivity contribution < 1.29 is 42.9 Å². The SMILES string of the molecule is CC/C=C\C/C=C\C/C=C\C/C=C\C/C=C\C/C=C\CCCCCCCCC(=O)OC(COC(=O)CCCCCCCCCC/C=C\C/C=C\C/C=C\C/C=C\CC)COC(OCC[N+](C)(C)C)C(=O)O. The Morgan fingerprint density at radius 1 is 0.423 bits per heavy atom. The summed E-state index contributed by atoms with van der Waals surface area (Å²) in [6.45, 7) is 4.60. The van der Waals surface area contributed by atoms with Crippen molar-refractivity contribution in [1.29, 1.82) is 0 Å². The van der Waals surface area contributed by atoms with Gasteiger partial charge in [-0.1, -0.05) is 200 Å². The zero-order chi connectivity index (χ0) is 52.0. The lowest BCUT2D eigenvalue weighted by Crippen LogP contribution is -2.40. The molecule has 0 amide bonds. The van der Waals surface area contributed by atoms with Crippen molar-refractivity contribution >= 4 is 17.9 Å². The fourth-order valence-electron chi connectivity index (χ4n) is 7.01. The minimum atomic E-state index is -1.52. The van der Waals surface area contributed by atoms with Crippen LogP contribution in [0.5, 0.6) is 0 Å². The van der Waals surface area contributed by atoms with Crippen LogP contribution < -0.4 is 0 Å². The first-order chi connectivity index (χ1) is 34.6. The molecule has 402 valence electrons. The molecule has 0 saturated carbocycles. The maximum absolute atomic E-state index is 12.9. The van der Waals surface area contributed by atoms with Gasteiger partial charge in [-0.2, -0.15) is 0 Å². The molecular formula is C62H102NO8+. The van der Waals surface area contributed by atoms with Gasteiger partial charge in [0.1, 0.15) is 13.2 Å². The van der Waals surface area contributed by atoms with Crippen molar-refractivity contribution in [3.05, 3.63) is 122 Å². The molecule has 0 spiro atoms. The molecule has 0 aromatic heterocycles. The number of unbranched alkanes of at least 4 members (excludes halogenated alkanes) is 14. The van der Waals surface area contributed by atoms with Crippen molar-refractivity contribution in [3.63, 3.8) is 0 Å². The van der Waals surface area contributed by atoms with E-state index in [1.165, 1.54) is 25.7 Å². The molecule has 0 aliphatic rings. The van der Waals surface area contributed by atoms with Gasteiger partial charge in [-0.25, -0.2) is 4.79 Å². The first-order valence-electron chi connectivity index (χ1n) is 27.7. The Bertz CT molecular complexity index is 1570. The number of quaternary nitrogens is 1. The molecule has 2 atom stereocenters. The number of ether oxygens (including phenoxy) is 4. The molecule has 9 nitrogen and oxygen atoms in total. The lowest BCUT2D eigenvalue weighted by Gasteiger charge is -2.25. The number of carboxylic acids is 1. The number of carboxylic acid groups (broad SMARTS) is 1. The van der Waals surface area contributed by atoms with E-state index >= 15 is 0 Å². The van der Waals surface area contributed by atoms with Gasteiger partial charge in [-0.15, -0.1) is 0 Å². The monoisotopic (exact) mass is 989 g/mol. The number of hydrogen-bond acceptors (Lipinski definition) is 7. The number of nitrogens with zero attached hydrogens (tertiary/aromatic N) is 1. The van der Waals surface area contributed by atoms with E-state index in [1.807, 2.05) is 21.1 Å². The fourth-order valence-corrected chi connectivity index (χ4v) is 7.01. The van der Waals surface area contributed by atoms with Gasteiger partial charge in [0.25, 0.3) is 6.29 Å². The number of allylic oxidation sites excluding steroid dienone is 20. The highest BCUT2D eigenvalue weighted by molar-refractivity contribution is 5.71. The molecule has 0 aliphatic carbocycles. The molecule has 2 unspecified atom stereocenters. The van der Waals surface area contributed by atoms with Crippen LogP contribution in [0.1, 0.15) is 194 Å². The Hall–Kier alpha value is -4.31. The molecule has 0 heterocycles. The average molecular weight is 989 g/mol. The van der Waals surface area contributed by atoms with Gasteiger partial charge in [0.2, 0.25) is 0 Å². The number of carbonyl (C=O) groups is 3. The van der Waals surface area contributed by atoms with Crippen LogP contribution in [0.2, 0.25) is 0 Å². The molecule has 0 aromatic rings. The number of aliphatic carboxylic acids is 1. The third-order valence-electron chi connectivity index (χ3n) is 11.2. The summed E-state index contributed by atoms with van der Waals surface area (Å²) < 4.78 is 22.8. The summed E-state index contributed by atoms with van der Waals surface area (Å²) in [5.41, 5.74) is 0. The van der Waals surface area contributed by atoms with Crippen molar-refractivity contribution in [2.24, 2.45) is 0 Å². The van der Waals surface area contributed by atoms with E-state index in [0.717, 1.165) is 135 Å². The lowest BCUT2D eigenvalue weighted by molar-refractivity contribution is -0.870. The van der Waals surface area contributed by atoms with E-state index in [2.05, 4.69) is 135 Å². The molecule has 0 fully saturated rings. The van der Waals surface area contributed by atoms with E-state index < -0.39 is 24.3 Å². The summed E-state index contributed by atoms with van der Waals surface area (Å²) >= 11 is 0. The normalized spacial score (nSPS) is 13.8. The second kappa shape index (κ2) is 52.0. The molecule has 71 heavy (non-hydrogen) atoms. The van der Waals surface area contributed by atoms with Gasteiger partial charge in [-0.3, -0.25) is 9.59 Å². The van der Waals surface area contributed by atoms with Crippen molar-refractivity contribution in [2.45, 2.75) is 206 Å². The second-order valence-electron chi connectivity index (χ2n) is 19.1. The molecule has 1 N–H and O–H groups in total. The van der Waals surface area contributed by atoms with Gasteiger partial charge in [-0.05, 0) is 103 Å². The Morgan fingerprint density at radius 3 is 1.13 bits per heavy atom. The van der Waals surface area contributed by atoms with E-state index in [1.54, 1.807) is 0 Å². The van der Waals surface area contributed by atoms with Gasteiger partial charge in [0, 0.05) is 12.8 Å². The fraction of sp³-hybridized carbons (Fsp3) is 0.629. The predicted octanol–water partition coefficient (Wildman–Crippen LogP) is 16.1. The van der Waals surface area contributed by atoms with Crippen molar-refractivity contribution in [3.8, 4) is 0 Å². The second-order valence-corrected chi connectivity index (χ2v) is 19.1. The van der Waals surface area contributed by atoms with Crippen molar-refractivity contribution in [1.82, 2.24) is 0 Å². The van der Waals surface area contributed by atoms with Gasteiger partial charge < -0.3 is 28.5 Å². The summed E-state index contributed by atoms with van der Waals surface area (Å²) in [5.74, 6) is -2.05. The lowest BCUT2D eigenvalue weighted by atomic mass is 10.1. The first kappa shape index (κ1) is 66.7. The Labute approximate surface area is 434 Å². The van der Waals surface area contributed by atoms with Gasteiger partial charge >= 0.3 is 17.9 Å². The van der Waals surface area contributed by atoms with Crippen LogP contribution in [0.15, 0.2) is 122 Å². The quantitative estimate of drug-likeness (QED) is 0.0211. The van der Waals surface area contributed by atoms with E-state index in [4.69, 9.17) is 18.9 Å². The molecular weight excluding hydrogens is 887 g/mol. The first-order valence-corrected chi connectivity index (χ1v) is 27.7. The van der Waals surface area contributed by atoms with Crippen LogP contribution in [-0.2, 0) is 33.3 Å². The van der Waals surface area contributed by atoms with E-state index in [0.29, 0.717) is 17.4 Å². The summed E-state index contributed by atoms with van der Waals surface area (Å²) in [7, 11) is 5.95. The van der Waals surface area contributed by atoms with Crippen LogP contribution in [0.3, 0.4) is 0 Å². The number of esters is 2. The molecule has 0 bridgehead atoms. The average Bonchev–Trinajstić information content (AvgIpc) is 3.34. The van der Waals surface area contributed by atoms with Crippen LogP contribution in [0.25, 0.3) is 0 Å². The van der Waals surface area contributed by atoms with Crippen LogP contribution in [-0.4, -0.2) is 87.4 Å². The number of hydrogen-bond donors (Lipinski definition) is 1. The molecule has 0 rings (SSSR count). The molecule has 0 aromatic carbocycles. The third kappa shape index (κ3) is 53.3. The summed E-state index contributed by atoms with van der Waals surface area (Å²) in [5, 5.41) is 9.70. The highest BCUT2D eigenvalue weighted by Crippen LogP contribution is 2.14. The standard InChI is InChI=1S/C62H101NO8/c1-6-8-10-12-14-16-18-20-22-24-26-28-29-30-31-33-35-37-39-41-43-45-47-49-51-53-60(65)71-58(57-70-62(61(66)67)68-55-54-63(3,4)5)56-69-59(64)52-50-48-46-44-42-40-38-36-34-32-27-25-23-21-19-17-15-13-11-9-7-2/h8-11,14-17,20-23,26-28,30-32,35,37,58,62H,6-7,12-13,18-19,24-25,29,33-34,36,38-57H2,1-5H3/p+1/b10-8-,11-9-,16-14-,17-15-,22-20-,23-21-,28-26-,31-30-,32-27-,37-35-. The number of rotatable bonds is 49. The van der Waals surface area contributed by atoms with Gasteiger partial charge in [0.05, 0.1) is 34.4 Å². The Balaban J connectivity index is 4.37. The topological polar surface area (TPSA) is 108 Å². The van der Waals surface area contributed by atoms with Crippen LogP contribution in [0, 0.1) is 0 Å². The summed E-state index contributed by atoms with van der Waals surface area (Å²) in [4.78, 5) is 37.4. The molecule has 0 aliphatic heterocycles. The molecule has 9 heteroatoms. The smallest absolute Gasteiger partial charge is 0.361 e. The third-order valence-corrected chi connectivity index (χ3v) is 11.2. The minimum absolute atomic E-state index is 0.176.